The van der Waals surface area contributed by atoms with Crippen molar-refractivity contribution in [3.8, 4) is 0 Å². The standard InChI is InChI=1S/C18H33N3O/c1-7-10-11-12-13-15(8-2)21-14(4)16(9-3)17(22)20(6)18(21)19-5/h10-11,15,18-19H,7-9,12-13H2,1-6H3. The van der Waals surface area contributed by atoms with Crippen LogP contribution in [0.25, 0.3) is 0 Å². The molecule has 126 valence electrons. The maximum atomic E-state index is 12.5. The molecule has 0 bridgehead atoms. The second-order valence-corrected chi connectivity index (χ2v) is 5.92. The van der Waals surface area contributed by atoms with Gasteiger partial charge in [-0.3, -0.25) is 10.1 Å². The van der Waals surface area contributed by atoms with Crippen molar-refractivity contribution in [2.75, 3.05) is 14.1 Å². The number of nitrogens with zero attached hydrogens (tertiary/aromatic N) is 2. The number of hydrogen-bond acceptors (Lipinski definition) is 3. The summed E-state index contributed by atoms with van der Waals surface area (Å²) in [4.78, 5) is 16.7. The lowest BCUT2D eigenvalue weighted by molar-refractivity contribution is -0.136. The molecule has 0 spiro atoms. The van der Waals surface area contributed by atoms with E-state index in [0.29, 0.717) is 6.04 Å². The van der Waals surface area contributed by atoms with E-state index in [4.69, 9.17) is 0 Å². The highest BCUT2D eigenvalue weighted by atomic mass is 16.2. The first-order valence-electron chi connectivity index (χ1n) is 8.60. The molecule has 0 aromatic heterocycles. The predicted octanol–water partition coefficient (Wildman–Crippen LogP) is 3.47. The third-order valence-corrected chi connectivity index (χ3v) is 4.58. The molecule has 0 aromatic carbocycles. The van der Waals surface area contributed by atoms with Crippen molar-refractivity contribution < 1.29 is 4.79 Å². The molecule has 0 aliphatic carbocycles. The third-order valence-electron chi connectivity index (χ3n) is 4.58. The SMILES string of the molecule is CCC=CCCC(CC)N1C(C)=C(CC)C(=O)N(C)C1NC. The molecular formula is C18H33N3O. The van der Waals surface area contributed by atoms with E-state index in [1.807, 2.05) is 19.0 Å². The summed E-state index contributed by atoms with van der Waals surface area (Å²) in [5.41, 5.74) is 2.08. The highest BCUT2D eigenvalue weighted by Crippen LogP contribution is 2.29. The van der Waals surface area contributed by atoms with Crippen molar-refractivity contribution in [1.29, 1.82) is 0 Å². The van der Waals surface area contributed by atoms with Crippen LogP contribution >= 0.6 is 0 Å². The van der Waals surface area contributed by atoms with Crippen molar-refractivity contribution in [1.82, 2.24) is 15.1 Å². The monoisotopic (exact) mass is 307 g/mol. The van der Waals surface area contributed by atoms with Gasteiger partial charge >= 0.3 is 0 Å². The fraction of sp³-hybridized carbons (Fsp3) is 0.722. The molecule has 4 heteroatoms. The molecule has 1 heterocycles. The first-order valence-corrected chi connectivity index (χ1v) is 8.60. The number of amides is 1. The summed E-state index contributed by atoms with van der Waals surface area (Å²) < 4.78 is 0. The minimum absolute atomic E-state index is 0.0529. The summed E-state index contributed by atoms with van der Waals surface area (Å²) in [5.74, 6) is 0.149. The Morgan fingerprint density at radius 3 is 2.45 bits per heavy atom. The highest BCUT2D eigenvalue weighted by Gasteiger charge is 2.36. The summed E-state index contributed by atoms with van der Waals surface area (Å²) >= 11 is 0. The van der Waals surface area contributed by atoms with Gasteiger partial charge < -0.3 is 9.80 Å². The smallest absolute Gasteiger partial charge is 0.253 e. The van der Waals surface area contributed by atoms with Gasteiger partial charge in [-0.05, 0) is 46.1 Å². The number of allylic oxidation sites excluding steroid dienone is 3. The van der Waals surface area contributed by atoms with Crippen LogP contribution in [0.2, 0.25) is 0 Å². The summed E-state index contributed by atoms with van der Waals surface area (Å²) in [6.45, 7) is 8.55. The van der Waals surface area contributed by atoms with E-state index >= 15 is 0 Å². The Morgan fingerprint density at radius 1 is 1.27 bits per heavy atom. The summed E-state index contributed by atoms with van der Waals surface area (Å²) in [5, 5.41) is 3.30. The molecule has 0 fully saturated rings. The van der Waals surface area contributed by atoms with E-state index in [0.717, 1.165) is 43.4 Å². The summed E-state index contributed by atoms with van der Waals surface area (Å²) in [6.07, 6.45) is 9.61. The van der Waals surface area contributed by atoms with Crippen LogP contribution in [0.1, 0.15) is 59.8 Å². The van der Waals surface area contributed by atoms with Crippen LogP contribution in [-0.4, -0.2) is 42.1 Å². The molecule has 0 aromatic rings. The lowest BCUT2D eigenvalue weighted by atomic mass is 10.0. The Balaban J connectivity index is 3.05. The number of nitrogens with one attached hydrogen (secondary N) is 1. The van der Waals surface area contributed by atoms with Gasteiger partial charge in [-0.2, -0.15) is 0 Å². The molecule has 2 unspecified atom stereocenters. The average molecular weight is 307 g/mol. The predicted molar refractivity (Wildman–Crippen MR) is 93.2 cm³/mol. The van der Waals surface area contributed by atoms with Crippen LogP contribution in [0.4, 0.5) is 0 Å². The van der Waals surface area contributed by atoms with Crippen molar-refractivity contribution in [2.24, 2.45) is 0 Å². The van der Waals surface area contributed by atoms with Crippen molar-refractivity contribution in [2.45, 2.75) is 72.1 Å². The zero-order valence-corrected chi connectivity index (χ0v) is 15.1. The van der Waals surface area contributed by atoms with E-state index < -0.39 is 0 Å². The lowest BCUT2D eigenvalue weighted by Gasteiger charge is -2.48. The van der Waals surface area contributed by atoms with Gasteiger partial charge in [0.25, 0.3) is 5.91 Å². The second kappa shape index (κ2) is 8.99. The van der Waals surface area contributed by atoms with Gasteiger partial charge in [0.1, 0.15) is 0 Å². The maximum Gasteiger partial charge on any atom is 0.253 e. The molecular weight excluding hydrogens is 274 g/mol. The van der Waals surface area contributed by atoms with E-state index in [2.05, 4.69) is 50.1 Å². The summed E-state index contributed by atoms with van der Waals surface area (Å²) in [6, 6.07) is 0.441. The fourth-order valence-electron chi connectivity index (χ4n) is 3.33. The van der Waals surface area contributed by atoms with Gasteiger partial charge in [-0.25, -0.2) is 0 Å². The van der Waals surface area contributed by atoms with Gasteiger partial charge in [-0.1, -0.05) is 32.9 Å². The number of rotatable bonds is 8. The zero-order chi connectivity index (χ0) is 16.7. The molecule has 22 heavy (non-hydrogen) atoms. The quantitative estimate of drug-likeness (QED) is 0.697. The third kappa shape index (κ3) is 3.92. The van der Waals surface area contributed by atoms with Gasteiger partial charge in [0.15, 0.2) is 6.29 Å². The van der Waals surface area contributed by atoms with Crippen LogP contribution in [-0.2, 0) is 4.79 Å². The van der Waals surface area contributed by atoms with Crippen LogP contribution < -0.4 is 5.32 Å². The second-order valence-electron chi connectivity index (χ2n) is 5.92. The number of likely N-dealkylation sites (N-methyl/N-ethyl adjacent to an activating group) is 1. The lowest BCUT2D eigenvalue weighted by Crippen LogP contribution is -2.61. The van der Waals surface area contributed by atoms with Gasteiger partial charge in [0.05, 0.1) is 0 Å². The van der Waals surface area contributed by atoms with Crippen LogP contribution in [0.15, 0.2) is 23.4 Å². The Kier molecular flexibility index (Phi) is 7.66. The van der Waals surface area contributed by atoms with E-state index in [-0.39, 0.29) is 12.2 Å². The number of carbonyl (C=O) groups is 1. The van der Waals surface area contributed by atoms with E-state index in [1.54, 1.807) is 0 Å². The van der Waals surface area contributed by atoms with E-state index in [1.165, 1.54) is 0 Å². The van der Waals surface area contributed by atoms with Crippen LogP contribution in [0.3, 0.4) is 0 Å². The number of hydrogen-bond donors (Lipinski definition) is 1. The molecule has 4 nitrogen and oxygen atoms in total. The van der Waals surface area contributed by atoms with Gasteiger partial charge in [0.2, 0.25) is 0 Å². The molecule has 0 saturated heterocycles. The van der Waals surface area contributed by atoms with Crippen LogP contribution in [0.5, 0.6) is 0 Å². The number of carbonyl (C=O) groups excluding carboxylic acids is 1. The normalized spacial score (nSPS) is 21.2. The van der Waals surface area contributed by atoms with Gasteiger partial charge in [-0.15, -0.1) is 0 Å². The first-order chi connectivity index (χ1) is 10.5. The minimum atomic E-state index is -0.0529. The largest absolute Gasteiger partial charge is 0.339 e. The highest BCUT2D eigenvalue weighted by molar-refractivity contribution is 5.94. The molecule has 1 N–H and O–H groups in total. The molecule has 1 aliphatic heterocycles. The Bertz CT molecular complexity index is 428. The molecule has 1 amide bonds. The van der Waals surface area contributed by atoms with Crippen molar-refractivity contribution >= 4 is 5.91 Å². The minimum Gasteiger partial charge on any atom is -0.339 e. The fourth-order valence-corrected chi connectivity index (χ4v) is 3.33. The van der Waals surface area contributed by atoms with Crippen molar-refractivity contribution in [3.05, 3.63) is 23.4 Å². The average Bonchev–Trinajstić information content (AvgIpc) is 2.52. The molecule has 0 radical (unpaired) electrons. The summed E-state index contributed by atoms with van der Waals surface area (Å²) in [7, 11) is 3.82. The van der Waals surface area contributed by atoms with Crippen LogP contribution in [0, 0.1) is 0 Å². The Labute approximate surface area is 136 Å². The molecule has 1 rings (SSSR count). The molecule has 1 aliphatic rings. The Hall–Kier alpha value is -1.29. The zero-order valence-electron chi connectivity index (χ0n) is 15.1. The van der Waals surface area contributed by atoms with E-state index in [9.17, 15) is 4.79 Å². The molecule has 0 saturated carbocycles. The maximum absolute atomic E-state index is 12.5. The topological polar surface area (TPSA) is 35.6 Å². The van der Waals surface area contributed by atoms with Crippen molar-refractivity contribution in [3.63, 3.8) is 0 Å². The Morgan fingerprint density at radius 2 is 1.95 bits per heavy atom. The first kappa shape index (κ1) is 18.8. The molecule has 2 atom stereocenters. The van der Waals surface area contributed by atoms with Gasteiger partial charge in [0, 0.05) is 24.4 Å².